The van der Waals surface area contributed by atoms with Gasteiger partial charge in [-0.1, -0.05) is 29.3 Å². The van der Waals surface area contributed by atoms with E-state index in [0.29, 0.717) is 51.2 Å². The number of alkyl halides is 3. The van der Waals surface area contributed by atoms with Crippen LogP contribution in [0.25, 0.3) is 0 Å². The van der Waals surface area contributed by atoms with Gasteiger partial charge in [0.25, 0.3) is 5.91 Å². The molecular formula is C23H18Cl2F3N3O2. The number of benzene rings is 2. The van der Waals surface area contributed by atoms with Crippen molar-refractivity contribution in [2.24, 2.45) is 5.10 Å². The molecule has 0 atom stereocenters. The van der Waals surface area contributed by atoms with Gasteiger partial charge in [0.15, 0.2) is 5.76 Å². The monoisotopic (exact) mass is 495 g/mol. The van der Waals surface area contributed by atoms with Crippen LogP contribution in [-0.4, -0.2) is 11.6 Å². The highest BCUT2D eigenvalue weighted by Crippen LogP contribution is 2.33. The predicted molar refractivity (Wildman–Crippen MR) is 122 cm³/mol. The number of nitrogens with one attached hydrogen (secondary N) is 2. The number of fused-ring (bicyclic) bond motifs is 1. The van der Waals surface area contributed by atoms with E-state index in [4.69, 9.17) is 27.6 Å². The van der Waals surface area contributed by atoms with Gasteiger partial charge in [0.1, 0.15) is 5.76 Å². The minimum absolute atomic E-state index is 0.115. The smallest absolute Gasteiger partial charge is 0.416 e. The van der Waals surface area contributed by atoms with Crippen molar-refractivity contribution in [3.05, 3.63) is 80.7 Å². The number of nitrogens with zero attached hydrogens (tertiary/aromatic N) is 1. The molecule has 1 aliphatic carbocycles. The summed E-state index contributed by atoms with van der Waals surface area (Å²) in [5.41, 5.74) is 4.37. The van der Waals surface area contributed by atoms with E-state index in [-0.39, 0.29) is 11.4 Å². The molecule has 3 aromatic rings. The lowest BCUT2D eigenvalue weighted by Crippen LogP contribution is -2.14. The van der Waals surface area contributed by atoms with E-state index in [9.17, 15) is 18.0 Å². The molecule has 0 spiro atoms. The highest BCUT2D eigenvalue weighted by atomic mass is 35.5. The summed E-state index contributed by atoms with van der Waals surface area (Å²) in [5.74, 6) is 0.228. The second-order valence-corrected chi connectivity index (χ2v) is 8.38. The van der Waals surface area contributed by atoms with Crippen molar-refractivity contribution in [3.63, 3.8) is 0 Å². The van der Waals surface area contributed by atoms with E-state index in [1.807, 2.05) is 0 Å². The molecule has 172 valence electrons. The van der Waals surface area contributed by atoms with Crippen LogP contribution in [0.3, 0.4) is 0 Å². The lowest BCUT2D eigenvalue weighted by Gasteiger charge is -2.14. The van der Waals surface area contributed by atoms with Gasteiger partial charge in [-0.3, -0.25) is 10.2 Å². The zero-order valence-corrected chi connectivity index (χ0v) is 18.8. The van der Waals surface area contributed by atoms with Crippen molar-refractivity contribution in [1.29, 1.82) is 0 Å². The number of hydrogen-bond donors (Lipinski definition) is 2. The van der Waals surface area contributed by atoms with E-state index in [1.165, 1.54) is 18.2 Å². The quantitative estimate of drug-likeness (QED) is 0.372. The number of carbonyl (C=O) groups is 1. The van der Waals surface area contributed by atoms with Gasteiger partial charge in [0.2, 0.25) is 0 Å². The van der Waals surface area contributed by atoms with Gasteiger partial charge in [-0.2, -0.15) is 18.3 Å². The van der Waals surface area contributed by atoms with Crippen LogP contribution in [0.15, 0.2) is 52.0 Å². The number of furan rings is 1. The third-order valence-corrected chi connectivity index (χ3v) is 5.78. The average molecular weight is 496 g/mol. The van der Waals surface area contributed by atoms with Crippen molar-refractivity contribution < 1.29 is 22.4 Å². The number of anilines is 2. The normalized spacial score (nSPS) is 14.8. The van der Waals surface area contributed by atoms with Crippen LogP contribution in [0.1, 0.15) is 45.8 Å². The fourth-order valence-electron chi connectivity index (χ4n) is 3.67. The maximum Gasteiger partial charge on any atom is 0.416 e. The third kappa shape index (κ3) is 5.02. The summed E-state index contributed by atoms with van der Waals surface area (Å²) in [5, 5.41) is 7.77. The Morgan fingerprint density at radius 2 is 1.91 bits per heavy atom. The molecule has 0 radical (unpaired) electrons. The summed E-state index contributed by atoms with van der Waals surface area (Å²) in [4.78, 5) is 12.9. The van der Waals surface area contributed by atoms with Gasteiger partial charge in [0, 0.05) is 22.6 Å². The molecule has 5 nitrogen and oxygen atoms in total. The molecule has 1 amide bonds. The van der Waals surface area contributed by atoms with E-state index in [1.54, 1.807) is 19.1 Å². The molecule has 2 aromatic carbocycles. The fourth-order valence-corrected chi connectivity index (χ4v) is 4.00. The zero-order valence-electron chi connectivity index (χ0n) is 17.3. The molecule has 0 saturated heterocycles. The average Bonchev–Trinajstić information content (AvgIpc) is 3.12. The number of rotatable bonds is 4. The lowest BCUT2D eigenvalue weighted by atomic mass is 9.93. The molecule has 0 bridgehead atoms. The molecule has 1 aliphatic rings. The SMILES string of the molecule is Cc1c(C(=O)Nc2cc(Cl)ccc2Cl)oc2c1/C(=N/Nc1cccc(C(F)(F)F)c1)CCC2. The fraction of sp³-hybridized carbons (Fsp3) is 0.217. The Morgan fingerprint density at radius 3 is 2.67 bits per heavy atom. The van der Waals surface area contributed by atoms with Gasteiger partial charge < -0.3 is 9.73 Å². The molecular weight excluding hydrogens is 478 g/mol. The molecule has 1 aromatic heterocycles. The maximum atomic E-state index is 13.0. The Kier molecular flexibility index (Phi) is 6.41. The Balaban J connectivity index is 1.60. The topological polar surface area (TPSA) is 66.6 Å². The molecule has 2 N–H and O–H groups in total. The van der Waals surface area contributed by atoms with Crippen LogP contribution >= 0.6 is 23.2 Å². The van der Waals surface area contributed by atoms with Gasteiger partial charge >= 0.3 is 6.18 Å². The van der Waals surface area contributed by atoms with Gasteiger partial charge in [-0.25, -0.2) is 0 Å². The Labute approximate surface area is 197 Å². The summed E-state index contributed by atoms with van der Waals surface area (Å²) < 4.78 is 44.7. The van der Waals surface area contributed by atoms with E-state index in [2.05, 4.69) is 15.8 Å². The number of aryl methyl sites for hydroxylation is 1. The van der Waals surface area contributed by atoms with Crippen LogP contribution in [0.5, 0.6) is 0 Å². The molecule has 0 fully saturated rings. The first kappa shape index (κ1) is 23.2. The largest absolute Gasteiger partial charge is 0.455 e. The van der Waals surface area contributed by atoms with Crippen LogP contribution in [-0.2, 0) is 12.6 Å². The highest BCUT2D eigenvalue weighted by molar-refractivity contribution is 6.35. The van der Waals surface area contributed by atoms with Crippen LogP contribution in [0, 0.1) is 6.92 Å². The number of halogens is 5. The van der Waals surface area contributed by atoms with E-state index >= 15 is 0 Å². The van der Waals surface area contributed by atoms with Crippen molar-refractivity contribution >= 4 is 46.2 Å². The number of amides is 1. The Bertz CT molecular complexity index is 1250. The maximum absolute atomic E-state index is 13.0. The van der Waals surface area contributed by atoms with Crippen molar-refractivity contribution in [2.45, 2.75) is 32.4 Å². The summed E-state index contributed by atoms with van der Waals surface area (Å²) >= 11 is 12.1. The standard InChI is InChI=1S/C23H18Cl2F3N3O2/c1-12-20-17(31-30-15-5-2-4-13(10-15)23(26,27)28)6-3-7-19(20)33-21(12)22(32)29-18-11-14(24)8-9-16(18)25/h2,4-5,8-11,30H,3,6-7H2,1H3,(H,29,32)/b31-17+. The predicted octanol–water partition coefficient (Wildman–Crippen LogP) is 7.32. The molecule has 0 unspecified atom stereocenters. The minimum atomic E-state index is -4.45. The molecule has 0 aliphatic heterocycles. The summed E-state index contributed by atoms with van der Waals surface area (Å²) in [6.07, 6.45) is -2.52. The van der Waals surface area contributed by atoms with Crippen molar-refractivity contribution in [3.8, 4) is 0 Å². The number of carbonyl (C=O) groups excluding carboxylic acids is 1. The van der Waals surface area contributed by atoms with Crippen molar-refractivity contribution in [1.82, 2.24) is 0 Å². The number of hydrogen-bond acceptors (Lipinski definition) is 4. The molecule has 33 heavy (non-hydrogen) atoms. The first-order chi connectivity index (χ1) is 15.6. The first-order valence-corrected chi connectivity index (χ1v) is 10.8. The third-order valence-electron chi connectivity index (χ3n) is 5.22. The second kappa shape index (κ2) is 9.11. The molecule has 10 heteroatoms. The molecule has 4 rings (SSSR count). The Hall–Kier alpha value is -2.97. The first-order valence-electron chi connectivity index (χ1n) is 10.0. The van der Waals surface area contributed by atoms with Gasteiger partial charge in [-0.05, 0) is 56.2 Å². The summed E-state index contributed by atoms with van der Waals surface area (Å²) in [6, 6.07) is 9.51. The number of hydrazone groups is 1. The van der Waals surface area contributed by atoms with Gasteiger partial charge in [-0.15, -0.1) is 0 Å². The van der Waals surface area contributed by atoms with E-state index in [0.717, 1.165) is 18.6 Å². The van der Waals surface area contributed by atoms with Crippen LogP contribution < -0.4 is 10.7 Å². The second-order valence-electron chi connectivity index (χ2n) is 7.54. The molecule has 0 saturated carbocycles. The molecule has 1 heterocycles. The highest BCUT2D eigenvalue weighted by Gasteiger charge is 2.31. The zero-order chi connectivity index (χ0) is 23.8. The Morgan fingerprint density at radius 1 is 1.12 bits per heavy atom. The minimum Gasteiger partial charge on any atom is -0.455 e. The lowest BCUT2D eigenvalue weighted by molar-refractivity contribution is -0.137. The van der Waals surface area contributed by atoms with Crippen LogP contribution in [0.4, 0.5) is 24.5 Å². The van der Waals surface area contributed by atoms with E-state index < -0.39 is 17.6 Å². The van der Waals surface area contributed by atoms with Crippen LogP contribution in [0.2, 0.25) is 10.0 Å². The summed E-state index contributed by atoms with van der Waals surface area (Å²) in [7, 11) is 0. The van der Waals surface area contributed by atoms with Gasteiger partial charge in [0.05, 0.1) is 27.7 Å². The summed E-state index contributed by atoms with van der Waals surface area (Å²) in [6.45, 7) is 1.74. The van der Waals surface area contributed by atoms with Crippen molar-refractivity contribution in [2.75, 3.05) is 10.7 Å².